The molecule has 1 rings (SSSR count). The summed E-state index contributed by atoms with van der Waals surface area (Å²) in [6, 6.07) is 0. The van der Waals surface area contributed by atoms with Crippen molar-refractivity contribution in [2.45, 2.75) is 38.9 Å². The van der Waals surface area contributed by atoms with Crippen molar-refractivity contribution in [1.29, 1.82) is 0 Å². The number of rotatable bonds is 2. The summed E-state index contributed by atoms with van der Waals surface area (Å²) in [5.41, 5.74) is 1.38. The molecule has 1 heterocycles. The third-order valence-electron chi connectivity index (χ3n) is 1.47. The number of thioether (sulfide) groups is 1. The zero-order valence-corrected chi connectivity index (χ0v) is 8.65. The molecule has 0 aromatic carbocycles. The largest absolute Gasteiger partial charge is 0.343 e. The summed E-state index contributed by atoms with van der Waals surface area (Å²) in [6.45, 7) is 9.90. The van der Waals surface area contributed by atoms with Crippen molar-refractivity contribution in [3.63, 3.8) is 0 Å². The minimum atomic E-state index is 0.00981. The van der Waals surface area contributed by atoms with Crippen LogP contribution in [0.5, 0.6) is 0 Å². The molecule has 0 N–H and O–H groups in total. The number of hydrogen-bond acceptors (Lipinski definition) is 3. The maximum absolute atomic E-state index is 5.44. The summed E-state index contributed by atoms with van der Waals surface area (Å²) < 4.78 is 5.44. The van der Waals surface area contributed by atoms with Crippen LogP contribution in [0.15, 0.2) is 17.1 Å². The minimum absolute atomic E-state index is 0.00981. The third-order valence-corrected chi connectivity index (χ3v) is 2.43. The van der Waals surface area contributed by atoms with Crippen LogP contribution in [-0.4, -0.2) is 16.7 Å². The molecule has 0 bridgehead atoms. The zero-order chi connectivity index (χ0) is 9.14. The highest BCUT2D eigenvalue weighted by Crippen LogP contribution is 2.25. The first-order valence-corrected chi connectivity index (χ1v) is 4.99. The van der Waals surface area contributed by atoms with Gasteiger partial charge in [0, 0.05) is 6.42 Å². The van der Waals surface area contributed by atoms with Crippen LogP contribution in [0.1, 0.15) is 27.2 Å². The maximum atomic E-state index is 5.44. The second kappa shape index (κ2) is 4.10. The molecule has 0 fully saturated rings. The van der Waals surface area contributed by atoms with E-state index in [1.165, 1.54) is 0 Å². The van der Waals surface area contributed by atoms with E-state index in [1.54, 1.807) is 11.8 Å². The lowest BCUT2D eigenvalue weighted by molar-refractivity contribution is 0.0605. The van der Waals surface area contributed by atoms with Crippen molar-refractivity contribution in [2.24, 2.45) is 4.99 Å². The van der Waals surface area contributed by atoms with Gasteiger partial charge in [-0.3, -0.25) is 4.99 Å². The Hall–Kier alpha value is -0.280. The van der Waals surface area contributed by atoms with Gasteiger partial charge in [0.2, 0.25) is 0 Å². The van der Waals surface area contributed by atoms with Crippen LogP contribution < -0.4 is 0 Å². The van der Waals surface area contributed by atoms with Crippen LogP contribution in [0.3, 0.4) is 0 Å². The molecule has 0 aromatic heterocycles. The van der Waals surface area contributed by atoms with E-state index in [1.807, 2.05) is 20.8 Å². The first-order chi connectivity index (χ1) is 5.58. The molecule has 0 saturated carbocycles. The zero-order valence-electron chi connectivity index (χ0n) is 7.83. The van der Waals surface area contributed by atoms with E-state index in [9.17, 15) is 0 Å². The first kappa shape index (κ1) is 9.81. The lowest BCUT2D eigenvalue weighted by Crippen LogP contribution is -2.21. The standard InChI is InChI=1S/C9H15NOS/c1-6(2)5-9-10-7(3)11-8(4)12-9/h7-8H,1,5H2,2-4H3. The molecule has 12 heavy (non-hydrogen) atoms. The number of hydrogen-bond donors (Lipinski definition) is 0. The molecule has 2 unspecified atom stereocenters. The predicted octanol–water partition coefficient (Wildman–Crippen LogP) is 2.81. The fourth-order valence-corrected chi connectivity index (χ4v) is 2.24. The highest BCUT2D eigenvalue weighted by molar-refractivity contribution is 8.14. The molecule has 1 aliphatic rings. The molecule has 2 nitrogen and oxygen atoms in total. The van der Waals surface area contributed by atoms with Gasteiger partial charge in [-0.15, -0.1) is 0 Å². The van der Waals surface area contributed by atoms with Crippen LogP contribution in [0, 0.1) is 0 Å². The van der Waals surface area contributed by atoms with Gasteiger partial charge in [-0.1, -0.05) is 23.9 Å². The summed E-state index contributed by atoms with van der Waals surface area (Å²) in [4.78, 5) is 4.37. The molecular formula is C9H15NOS. The second-order valence-electron chi connectivity index (χ2n) is 3.08. The highest BCUT2D eigenvalue weighted by Gasteiger charge is 2.17. The van der Waals surface area contributed by atoms with Gasteiger partial charge in [-0.05, 0) is 20.8 Å². The van der Waals surface area contributed by atoms with Gasteiger partial charge < -0.3 is 4.74 Å². The van der Waals surface area contributed by atoms with Gasteiger partial charge in [0.15, 0.2) is 0 Å². The van der Waals surface area contributed by atoms with Crippen molar-refractivity contribution >= 4 is 16.8 Å². The average molecular weight is 185 g/mol. The summed E-state index contributed by atoms with van der Waals surface area (Å²) >= 11 is 1.69. The van der Waals surface area contributed by atoms with E-state index in [-0.39, 0.29) is 11.7 Å². The van der Waals surface area contributed by atoms with Crippen molar-refractivity contribution in [3.8, 4) is 0 Å². The summed E-state index contributed by atoms with van der Waals surface area (Å²) in [5.74, 6) is 0. The molecule has 0 aliphatic carbocycles. The van der Waals surface area contributed by atoms with Crippen molar-refractivity contribution in [3.05, 3.63) is 12.2 Å². The minimum Gasteiger partial charge on any atom is -0.343 e. The number of nitrogens with zero attached hydrogens (tertiary/aromatic N) is 1. The Morgan fingerprint density at radius 1 is 1.67 bits per heavy atom. The Kier molecular flexibility index (Phi) is 3.35. The molecule has 0 spiro atoms. The van der Waals surface area contributed by atoms with Gasteiger partial charge in [0.25, 0.3) is 0 Å². The van der Waals surface area contributed by atoms with Crippen LogP contribution in [0.2, 0.25) is 0 Å². The number of allylic oxidation sites excluding steroid dienone is 1. The van der Waals surface area contributed by atoms with Gasteiger partial charge >= 0.3 is 0 Å². The summed E-state index contributed by atoms with van der Waals surface area (Å²) in [5, 5.41) is 1.15. The smallest absolute Gasteiger partial charge is 0.147 e. The quantitative estimate of drug-likeness (QED) is 0.617. The topological polar surface area (TPSA) is 21.6 Å². The second-order valence-corrected chi connectivity index (χ2v) is 4.45. The molecule has 2 atom stereocenters. The number of aliphatic imine (C=N–C) groups is 1. The van der Waals surface area contributed by atoms with Gasteiger partial charge in [0.05, 0.1) is 5.04 Å². The van der Waals surface area contributed by atoms with Crippen molar-refractivity contribution < 1.29 is 4.74 Å². The molecule has 68 valence electrons. The Morgan fingerprint density at radius 2 is 2.33 bits per heavy atom. The fourth-order valence-electron chi connectivity index (χ4n) is 1.11. The van der Waals surface area contributed by atoms with Crippen molar-refractivity contribution in [1.82, 2.24) is 0 Å². The van der Waals surface area contributed by atoms with Crippen LogP contribution in [0.4, 0.5) is 0 Å². The van der Waals surface area contributed by atoms with Crippen molar-refractivity contribution in [2.75, 3.05) is 0 Å². The van der Waals surface area contributed by atoms with Crippen LogP contribution in [0.25, 0.3) is 0 Å². The lowest BCUT2D eigenvalue weighted by Gasteiger charge is -2.23. The first-order valence-electron chi connectivity index (χ1n) is 4.11. The third kappa shape index (κ3) is 2.99. The maximum Gasteiger partial charge on any atom is 0.147 e. The number of ether oxygens (including phenoxy) is 1. The summed E-state index contributed by atoms with van der Waals surface area (Å²) in [6.07, 6.45) is 0.901. The van der Waals surface area contributed by atoms with Gasteiger partial charge in [0.1, 0.15) is 11.7 Å². The normalized spacial score (nSPS) is 29.8. The fraction of sp³-hybridized carbons (Fsp3) is 0.667. The molecule has 0 radical (unpaired) electrons. The van der Waals surface area contributed by atoms with Crippen LogP contribution in [-0.2, 0) is 4.74 Å². The molecule has 0 amide bonds. The molecule has 3 heteroatoms. The molecule has 0 saturated heterocycles. The molecule has 0 aromatic rings. The van der Waals surface area contributed by atoms with E-state index < -0.39 is 0 Å². The Bertz CT molecular complexity index is 213. The Morgan fingerprint density at radius 3 is 2.83 bits per heavy atom. The van der Waals surface area contributed by atoms with E-state index in [2.05, 4.69) is 11.6 Å². The molecule has 1 aliphatic heterocycles. The van der Waals surface area contributed by atoms with E-state index in [4.69, 9.17) is 4.74 Å². The Balaban J connectivity index is 2.57. The monoisotopic (exact) mass is 185 g/mol. The predicted molar refractivity (Wildman–Crippen MR) is 54.5 cm³/mol. The lowest BCUT2D eigenvalue weighted by atomic mass is 10.3. The summed E-state index contributed by atoms with van der Waals surface area (Å²) in [7, 11) is 0. The van der Waals surface area contributed by atoms with Crippen LogP contribution >= 0.6 is 11.8 Å². The average Bonchev–Trinajstić information content (AvgIpc) is 1.81. The van der Waals surface area contributed by atoms with E-state index in [0.717, 1.165) is 17.0 Å². The Labute approximate surface area is 78.1 Å². The SMILES string of the molecule is C=C(C)CC1=NC(C)OC(C)S1. The molecular weight excluding hydrogens is 170 g/mol. The van der Waals surface area contributed by atoms with Gasteiger partial charge in [-0.25, -0.2) is 0 Å². The van der Waals surface area contributed by atoms with Gasteiger partial charge in [-0.2, -0.15) is 0 Å². The highest BCUT2D eigenvalue weighted by atomic mass is 32.2. The van der Waals surface area contributed by atoms with E-state index in [0.29, 0.717) is 0 Å². The van der Waals surface area contributed by atoms with E-state index >= 15 is 0 Å².